The molecule has 1 heterocycles. The second-order valence-corrected chi connectivity index (χ2v) is 3.22. The van der Waals surface area contributed by atoms with Crippen LogP contribution in [0.2, 0.25) is 0 Å². The third-order valence-corrected chi connectivity index (χ3v) is 1.88. The normalized spacial score (nSPS) is 32.2. The minimum absolute atomic E-state index is 0.474. The van der Waals surface area contributed by atoms with E-state index >= 15 is 0 Å². The minimum Gasteiger partial charge on any atom is -0.280 e. The van der Waals surface area contributed by atoms with Crippen molar-refractivity contribution in [3.63, 3.8) is 0 Å². The van der Waals surface area contributed by atoms with Crippen molar-refractivity contribution in [2.24, 2.45) is 10.9 Å². The molecule has 0 radical (unpaired) electrons. The maximum atomic E-state index is 4.39. The van der Waals surface area contributed by atoms with Gasteiger partial charge in [-0.15, -0.1) is 6.58 Å². The average molecular weight is 152 g/mol. The second-order valence-electron chi connectivity index (χ2n) is 3.22. The van der Waals surface area contributed by atoms with Crippen molar-refractivity contribution >= 4 is 6.21 Å². The van der Waals surface area contributed by atoms with Crippen LogP contribution in [0.3, 0.4) is 0 Å². The molecule has 1 aliphatic heterocycles. The number of allylic oxidation sites excluding steroid dienone is 1. The van der Waals surface area contributed by atoms with Crippen LogP contribution in [0, 0.1) is 5.92 Å². The van der Waals surface area contributed by atoms with E-state index in [2.05, 4.69) is 30.4 Å². The molecule has 1 fully saturated rings. The average Bonchev–Trinajstić information content (AvgIpc) is 2.63. The zero-order valence-corrected chi connectivity index (χ0v) is 7.33. The van der Waals surface area contributed by atoms with E-state index in [1.165, 1.54) is 0 Å². The fourth-order valence-electron chi connectivity index (χ4n) is 0.941. The van der Waals surface area contributed by atoms with E-state index in [1.54, 1.807) is 0 Å². The fraction of sp³-hybridized carbons (Fsp3) is 0.667. The molecule has 11 heavy (non-hydrogen) atoms. The molecule has 2 nitrogen and oxygen atoms in total. The van der Waals surface area contributed by atoms with Gasteiger partial charge in [-0.05, 0) is 19.4 Å². The molecule has 0 aromatic rings. The van der Waals surface area contributed by atoms with Gasteiger partial charge in [-0.1, -0.05) is 13.0 Å². The molecule has 0 spiro atoms. The zero-order valence-electron chi connectivity index (χ0n) is 7.33. The summed E-state index contributed by atoms with van der Waals surface area (Å²) in [5.41, 5.74) is 0. The first-order chi connectivity index (χ1) is 5.24. The molecule has 1 rings (SSSR count). The van der Waals surface area contributed by atoms with Crippen LogP contribution in [0.15, 0.2) is 17.6 Å². The lowest BCUT2D eigenvalue weighted by Crippen LogP contribution is -1.97. The molecule has 0 N–H and O–H groups in total. The Hall–Kier alpha value is -0.630. The predicted molar refractivity (Wildman–Crippen MR) is 48.9 cm³/mol. The number of likely N-dealkylation sites (N-methyl/N-ethyl adjacent to an activating group) is 1. The van der Waals surface area contributed by atoms with Crippen LogP contribution in [-0.2, 0) is 0 Å². The van der Waals surface area contributed by atoms with E-state index < -0.39 is 0 Å². The van der Waals surface area contributed by atoms with Crippen LogP contribution in [0.1, 0.15) is 13.3 Å². The maximum absolute atomic E-state index is 4.39. The Morgan fingerprint density at radius 2 is 2.45 bits per heavy atom. The van der Waals surface area contributed by atoms with Crippen LogP contribution in [0.4, 0.5) is 0 Å². The van der Waals surface area contributed by atoms with Crippen LogP contribution in [0.25, 0.3) is 0 Å². The summed E-state index contributed by atoms with van der Waals surface area (Å²) in [4.78, 5) is 6.59. The van der Waals surface area contributed by atoms with Gasteiger partial charge in [0.25, 0.3) is 0 Å². The maximum Gasteiger partial charge on any atom is 0.114 e. The van der Waals surface area contributed by atoms with E-state index in [-0.39, 0.29) is 0 Å². The van der Waals surface area contributed by atoms with E-state index in [9.17, 15) is 0 Å². The van der Waals surface area contributed by atoms with Gasteiger partial charge in [-0.2, -0.15) is 0 Å². The first-order valence-corrected chi connectivity index (χ1v) is 4.08. The lowest BCUT2D eigenvalue weighted by atomic mass is 10.1. The molecule has 62 valence electrons. The molecule has 0 aliphatic carbocycles. The standard InChI is InChI=1S/C9H16N2/c1-4-5-8(2)6-10-9-7-11(9)3/h4,6,8-9H,1,5,7H2,2-3H3. The molecule has 3 unspecified atom stereocenters. The van der Waals surface area contributed by atoms with E-state index in [4.69, 9.17) is 0 Å². The smallest absolute Gasteiger partial charge is 0.114 e. The summed E-state index contributed by atoms with van der Waals surface area (Å²) >= 11 is 0. The number of aliphatic imine (C=N–C) groups is 1. The fourth-order valence-corrected chi connectivity index (χ4v) is 0.941. The number of nitrogens with zero attached hydrogens (tertiary/aromatic N) is 2. The molecule has 1 saturated heterocycles. The van der Waals surface area contributed by atoms with Gasteiger partial charge in [-0.25, -0.2) is 0 Å². The summed E-state index contributed by atoms with van der Waals surface area (Å²) in [5.74, 6) is 0.543. The van der Waals surface area contributed by atoms with Gasteiger partial charge >= 0.3 is 0 Å². The van der Waals surface area contributed by atoms with E-state index in [1.807, 2.05) is 12.3 Å². The molecule has 2 heteroatoms. The highest BCUT2D eigenvalue weighted by Gasteiger charge is 2.27. The van der Waals surface area contributed by atoms with Gasteiger partial charge in [0, 0.05) is 12.8 Å². The Labute approximate surface area is 68.6 Å². The van der Waals surface area contributed by atoms with E-state index in [0.717, 1.165) is 13.0 Å². The molecule has 1 aliphatic rings. The van der Waals surface area contributed by atoms with Crippen molar-refractivity contribution in [1.29, 1.82) is 0 Å². The minimum atomic E-state index is 0.474. The quantitative estimate of drug-likeness (QED) is 0.339. The molecular weight excluding hydrogens is 136 g/mol. The van der Waals surface area contributed by atoms with Gasteiger partial charge in [0.1, 0.15) is 6.17 Å². The van der Waals surface area contributed by atoms with Crippen LogP contribution < -0.4 is 0 Å². The van der Waals surface area contributed by atoms with Gasteiger partial charge in [0.2, 0.25) is 0 Å². The lowest BCUT2D eigenvalue weighted by molar-refractivity contribution is 0.625. The topological polar surface area (TPSA) is 15.4 Å². The predicted octanol–water partition coefficient (Wildman–Crippen LogP) is 1.54. The summed E-state index contributed by atoms with van der Waals surface area (Å²) in [5, 5.41) is 0. The summed E-state index contributed by atoms with van der Waals surface area (Å²) < 4.78 is 0. The number of rotatable bonds is 4. The molecular formula is C9H16N2. The molecule has 0 bridgehead atoms. The Bertz CT molecular complexity index is 163. The third kappa shape index (κ3) is 2.85. The van der Waals surface area contributed by atoms with Crippen LogP contribution in [-0.4, -0.2) is 30.9 Å². The summed E-state index contributed by atoms with van der Waals surface area (Å²) in [6.07, 6.45) is 5.48. The van der Waals surface area contributed by atoms with Gasteiger partial charge in [-0.3, -0.25) is 9.89 Å². The van der Waals surface area contributed by atoms with Gasteiger partial charge in [0.05, 0.1) is 0 Å². The van der Waals surface area contributed by atoms with Crippen LogP contribution in [0.5, 0.6) is 0 Å². The van der Waals surface area contributed by atoms with Gasteiger partial charge < -0.3 is 0 Å². The van der Waals surface area contributed by atoms with Gasteiger partial charge in [0.15, 0.2) is 0 Å². The SMILES string of the molecule is C=CCC(C)C=NC1CN1C. The molecule has 3 atom stereocenters. The zero-order chi connectivity index (χ0) is 8.27. The van der Waals surface area contributed by atoms with Crippen molar-refractivity contribution in [3.8, 4) is 0 Å². The van der Waals surface area contributed by atoms with Crippen molar-refractivity contribution < 1.29 is 0 Å². The summed E-state index contributed by atoms with van der Waals surface area (Å²) in [6, 6.07) is 0. The Kier molecular flexibility index (Phi) is 2.83. The highest BCUT2D eigenvalue weighted by atomic mass is 15.4. The second kappa shape index (κ2) is 3.67. The summed E-state index contributed by atoms with van der Waals surface area (Å²) in [7, 11) is 2.08. The molecule has 0 saturated carbocycles. The van der Waals surface area contributed by atoms with Crippen molar-refractivity contribution in [2.45, 2.75) is 19.5 Å². The highest BCUT2D eigenvalue weighted by molar-refractivity contribution is 5.60. The molecule has 0 aromatic heterocycles. The third-order valence-electron chi connectivity index (χ3n) is 1.88. The summed E-state index contributed by atoms with van der Waals surface area (Å²) in [6.45, 7) is 6.97. The lowest BCUT2D eigenvalue weighted by Gasteiger charge is -1.98. The van der Waals surface area contributed by atoms with Crippen molar-refractivity contribution in [1.82, 2.24) is 4.90 Å². The van der Waals surface area contributed by atoms with Crippen molar-refractivity contribution in [2.75, 3.05) is 13.6 Å². The molecule has 0 amide bonds. The number of hydrogen-bond donors (Lipinski definition) is 0. The monoisotopic (exact) mass is 152 g/mol. The Morgan fingerprint density at radius 1 is 1.82 bits per heavy atom. The van der Waals surface area contributed by atoms with E-state index in [0.29, 0.717) is 12.1 Å². The van der Waals surface area contributed by atoms with Crippen LogP contribution >= 0.6 is 0 Å². The first-order valence-electron chi connectivity index (χ1n) is 4.08. The molecule has 0 aromatic carbocycles. The van der Waals surface area contributed by atoms with Crippen molar-refractivity contribution in [3.05, 3.63) is 12.7 Å². The largest absolute Gasteiger partial charge is 0.280 e. The first kappa shape index (κ1) is 8.47. The Balaban J connectivity index is 2.18. The highest BCUT2D eigenvalue weighted by Crippen LogP contribution is 2.14. The number of hydrogen-bond acceptors (Lipinski definition) is 2. The Morgan fingerprint density at radius 3 is 2.91 bits per heavy atom.